The lowest BCUT2D eigenvalue weighted by molar-refractivity contribution is -0.155. The summed E-state index contributed by atoms with van der Waals surface area (Å²) in [6.07, 6.45) is 1.46. The van der Waals surface area contributed by atoms with E-state index in [-0.39, 0.29) is 17.9 Å². The van der Waals surface area contributed by atoms with Gasteiger partial charge in [-0.3, -0.25) is 14.2 Å². The van der Waals surface area contributed by atoms with E-state index >= 15 is 0 Å². The van der Waals surface area contributed by atoms with Crippen LogP contribution in [0, 0.1) is 0 Å². The van der Waals surface area contributed by atoms with Crippen LogP contribution in [0.2, 0.25) is 0 Å². The van der Waals surface area contributed by atoms with E-state index in [0.29, 0.717) is 4.60 Å². The zero-order valence-electron chi connectivity index (χ0n) is 10.8. The molecule has 0 saturated carbocycles. The van der Waals surface area contributed by atoms with Gasteiger partial charge in [0.05, 0.1) is 6.20 Å². The molecule has 0 aliphatic carbocycles. The Kier molecular flexibility index (Phi) is 4.50. The molecule has 1 rings (SSSR count). The molecule has 0 atom stereocenters. The second-order valence-corrected chi connectivity index (χ2v) is 5.47. The van der Waals surface area contributed by atoms with Crippen LogP contribution in [0.4, 0.5) is 5.82 Å². The van der Waals surface area contributed by atoms with Crippen molar-refractivity contribution in [1.82, 2.24) is 9.55 Å². The van der Waals surface area contributed by atoms with Crippen molar-refractivity contribution in [1.29, 1.82) is 0 Å². The van der Waals surface area contributed by atoms with Gasteiger partial charge in [0, 0.05) is 7.05 Å². The molecular weight excluding hydrogens is 302 g/mol. The summed E-state index contributed by atoms with van der Waals surface area (Å²) in [4.78, 5) is 27.5. The first-order valence-electron chi connectivity index (χ1n) is 5.39. The highest BCUT2D eigenvalue weighted by Crippen LogP contribution is 2.10. The van der Waals surface area contributed by atoms with Gasteiger partial charge in [-0.1, -0.05) is 0 Å². The first-order valence-corrected chi connectivity index (χ1v) is 6.19. The first kappa shape index (κ1) is 14.7. The van der Waals surface area contributed by atoms with E-state index in [1.807, 2.05) is 0 Å². The molecule has 1 N–H and O–H groups in total. The molecule has 7 heteroatoms. The number of ether oxygens (including phenoxy) is 1. The molecule has 0 aliphatic rings. The molecule has 1 aromatic heterocycles. The maximum atomic E-state index is 11.9. The topological polar surface area (TPSA) is 73.2 Å². The lowest BCUT2D eigenvalue weighted by Crippen LogP contribution is -2.32. The second-order valence-electron chi connectivity index (χ2n) is 4.66. The van der Waals surface area contributed by atoms with E-state index in [9.17, 15) is 9.59 Å². The Morgan fingerprint density at radius 3 is 2.67 bits per heavy atom. The van der Waals surface area contributed by atoms with Crippen LogP contribution in [0.15, 0.2) is 15.6 Å². The Balaban J connectivity index is 2.98. The van der Waals surface area contributed by atoms with Gasteiger partial charge < -0.3 is 10.1 Å². The molecule has 0 aromatic carbocycles. The molecule has 18 heavy (non-hydrogen) atoms. The van der Waals surface area contributed by atoms with E-state index in [0.717, 1.165) is 0 Å². The predicted octanol–water partition coefficient (Wildman–Crippen LogP) is 1.39. The Hall–Kier alpha value is -1.37. The van der Waals surface area contributed by atoms with Crippen molar-refractivity contribution in [3.63, 3.8) is 0 Å². The van der Waals surface area contributed by atoms with Crippen LogP contribution in [0.25, 0.3) is 0 Å². The number of carbonyl (C=O) groups excluding carboxylic acids is 1. The molecule has 6 nitrogen and oxygen atoms in total. The first-order chi connectivity index (χ1) is 8.24. The molecule has 0 radical (unpaired) electrons. The minimum absolute atomic E-state index is 0.159. The molecular formula is C11H16BrN3O3. The van der Waals surface area contributed by atoms with Crippen molar-refractivity contribution in [2.45, 2.75) is 32.9 Å². The van der Waals surface area contributed by atoms with Gasteiger partial charge in [-0.25, -0.2) is 4.98 Å². The van der Waals surface area contributed by atoms with E-state index < -0.39 is 11.6 Å². The van der Waals surface area contributed by atoms with Crippen molar-refractivity contribution in [3.05, 3.63) is 21.2 Å². The predicted molar refractivity (Wildman–Crippen MR) is 71.6 cm³/mol. The molecule has 0 unspecified atom stereocenters. The fourth-order valence-corrected chi connectivity index (χ4v) is 1.68. The standard InChI is InChI=1S/C11H16BrN3O3/c1-11(2,3)18-8(16)6-15-7(12)5-14-9(13-4)10(15)17/h5H,6H2,1-4H3,(H,13,14). The van der Waals surface area contributed by atoms with Gasteiger partial charge in [0.1, 0.15) is 16.7 Å². The molecule has 0 saturated heterocycles. The van der Waals surface area contributed by atoms with Crippen LogP contribution in [0.5, 0.6) is 0 Å². The largest absolute Gasteiger partial charge is 0.459 e. The normalized spacial score (nSPS) is 11.2. The number of carbonyl (C=O) groups is 1. The van der Waals surface area contributed by atoms with E-state index in [2.05, 4.69) is 26.2 Å². The van der Waals surface area contributed by atoms with Crippen LogP contribution < -0.4 is 10.9 Å². The third kappa shape index (κ3) is 3.83. The molecule has 0 bridgehead atoms. The number of nitrogens with zero attached hydrogens (tertiary/aromatic N) is 2. The van der Waals surface area contributed by atoms with Crippen LogP contribution in [-0.2, 0) is 16.1 Å². The van der Waals surface area contributed by atoms with Gasteiger partial charge in [0.25, 0.3) is 5.56 Å². The highest BCUT2D eigenvalue weighted by Gasteiger charge is 2.18. The van der Waals surface area contributed by atoms with Crippen LogP contribution >= 0.6 is 15.9 Å². The molecule has 0 aliphatic heterocycles. The third-order valence-corrected chi connectivity index (χ3v) is 2.58. The quantitative estimate of drug-likeness (QED) is 0.853. The van der Waals surface area contributed by atoms with Crippen molar-refractivity contribution in [2.24, 2.45) is 0 Å². The minimum Gasteiger partial charge on any atom is -0.459 e. The molecule has 0 amide bonds. The monoisotopic (exact) mass is 317 g/mol. The van der Waals surface area contributed by atoms with Crippen molar-refractivity contribution >= 4 is 27.7 Å². The number of rotatable bonds is 3. The highest BCUT2D eigenvalue weighted by molar-refractivity contribution is 9.10. The summed E-state index contributed by atoms with van der Waals surface area (Å²) in [5.41, 5.74) is -0.954. The number of anilines is 1. The van der Waals surface area contributed by atoms with Gasteiger partial charge in [-0.05, 0) is 36.7 Å². The molecule has 100 valence electrons. The van der Waals surface area contributed by atoms with Crippen LogP contribution in [0.3, 0.4) is 0 Å². The summed E-state index contributed by atoms with van der Waals surface area (Å²) >= 11 is 3.18. The summed E-state index contributed by atoms with van der Waals surface area (Å²) in [6, 6.07) is 0. The lowest BCUT2D eigenvalue weighted by Gasteiger charge is -2.20. The number of nitrogens with one attached hydrogen (secondary N) is 1. The summed E-state index contributed by atoms with van der Waals surface area (Å²) in [5, 5.41) is 2.67. The van der Waals surface area contributed by atoms with Crippen molar-refractivity contribution < 1.29 is 9.53 Å². The van der Waals surface area contributed by atoms with E-state index in [4.69, 9.17) is 4.74 Å². The maximum Gasteiger partial charge on any atom is 0.326 e. The number of hydrogen-bond donors (Lipinski definition) is 1. The fourth-order valence-electron chi connectivity index (χ4n) is 1.29. The lowest BCUT2D eigenvalue weighted by atomic mass is 10.2. The Morgan fingerprint density at radius 1 is 1.56 bits per heavy atom. The highest BCUT2D eigenvalue weighted by atomic mass is 79.9. The van der Waals surface area contributed by atoms with E-state index in [1.54, 1.807) is 27.8 Å². The van der Waals surface area contributed by atoms with Gasteiger partial charge in [0.15, 0.2) is 5.82 Å². The van der Waals surface area contributed by atoms with Crippen LogP contribution in [-0.4, -0.2) is 28.2 Å². The zero-order chi connectivity index (χ0) is 13.9. The van der Waals surface area contributed by atoms with Crippen molar-refractivity contribution in [2.75, 3.05) is 12.4 Å². The minimum atomic E-state index is -0.577. The number of aromatic nitrogens is 2. The average Bonchev–Trinajstić information content (AvgIpc) is 2.22. The summed E-state index contributed by atoms with van der Waals surface area (Å²) in [7, 11) is 1.59. The maximum absolute atomic E-state index is 11.9. The smallest absolute Gasteiger partial charge is 0.326 e. The van der Waals surface area contributed by atoms with Crippen molar-refractivity contribution in [3.8, 4) is 0 Å². The van der Waals surface area contributed by atoms with E-state index in [1.165, 1.54) is 10.8 Å². The Bertz CT molecular complexity index is 505. The summed E-state index contributed by atoms with van der Waals surface area (Å²) in [6.45, 7) is 5.16. The fraction of sp³-hybridized carbons (Fsp3) is 0.545. The molecule has 1 aromatic rings. The second kappa shape index (κ2) is 5.51. The SMILES string of the molecule is CNc1ncc(Br)n(CC(=O)OC(C)(C)C)c1=O. The zero-order valence-corrected chi connectivity index (χ0v) is 12.4. The Labute approximate surface area is 113 Å². The third-order valence-electron chi connectivity index (χ3n) is 1.95. The molecule has 0 spiro atoms. The van der Waals surface area contributed by atoms with Gasteiger partial charge >= 0.3 is 5.97 Å². The summed E-state index contributed by atoms with van der Waals surface area (Å²) < 4.78 is 6.85. The van der Waals surface area contributed by atoms with Gasteiger partial charge in [0.2, 0.25) is 0 Å². The van der Waals surface area contributed by atoms with Gasteiger partial charge in [-0.2, -0.15) is 0 Å². The van der Waals surface area contributed by atoms with Crippen LogP contribution in [0.1, 0.15) is 20.8 Å². The van der Waals surface area contributed by atoms with Gasteiger partial charge in [-0.15, -0.1) is 0 Å². The Morgan fingerprint density at radius 2 is 2.17 bits per heavy atom. The molecule has 1 heterocycles. The molecule has 0 fully saturated rings. The number of esters is 1. The number of hydrogen-bond acceptors (Lipinski definition) is 5. The number of halogens is 1. The average molecular weight is 318 g/mol. The summed E-state index contributed by atoms with van der Waals surface area (Å²) in [5.74, 6) is -0.291.